The molecular formula is C19H24N4O2. The van der Waals surface area contributed by atoms with Crippen molar-refractivity contribution in [3.63, 3.8) is 0 Å². The number of rotatable bonds is 4. The lowest BCUT2D eigenvalue weighted by Crippen LogP contribution is -2.52. The SMILES string of the molecule is COc1cccc([C@@H](C)NC(=O)N2CCN(c3ccncc3)CC2)c1. The summed E-state index contributed by atoms with van der Waals surface area (Å²) < 4.78 is 5.25. The van der Waals surface area contributed by atoms with Gasteiger partial charge in [-0.2, -0.15) is 0 Å². The zero-order valence-electron chi connectivity index (χ0n) is 14.7. The highest BCUT2D eigenvalue weighted by Crippen LogP contribution is 2.19. The second-order valence-electron chi connectivity index (χ2n) is 6.13. The topological polar surface area (TPSA) is 57.7 Å². The molecule has 6 nitrogen and oxygen atoms in total. The lowest BCUT2D eigenvalue weighted by Gasteiger charge is -2.36. The normalized spacial score (nSPS) is 15.6. The summed E-state index contributed by atoms with van der Waals surface area (Å²) in [7, 11) is 1.64. The predicted molar refractivity (Wildman–Crippen MR) is 98.0 cm³/mol. The van der Waals surface area contributed by atoms with Gasteiger partial charge in [0.1, 0.15) is 5.75 Å². The largest absolute Gasteiger partial charge is 0.497 e. The number of nitrogens with one attached hydrogen (secondary N) is 1. The maximum Gasteiger partial charge on any atom is 0.317 e. The van der Waals surface area contributed by atoms with E-state index in [0.29, 0.717) is 13.1 Å². The zero-order valence-corrected chi connectivity index (χ0v) is 14.7. The minimum Gasteiger partial charge on any atom is -0.497 e. The van der Waals surface area contributed by atoms with E-state index in [0.717, 1.165) is 30.1 Å². The number of hydrogen-bond donors (Lipinski definition) is 1. The van der Waals surface area contributed by atoms with Gasteiger partial charge >= 0.3 is 6.03 Å². The number of ether oxygens (including phenoxy) is 1. The fourth-order valence-electron chi connectivity index (χ4n) is 2.99. The maximum absolute atomic E-state index is 12.5. The Kier molecular flexibility index (Phi) is 5.38. The van der Waals surface area contributed by atoms with Crippen molar-refractivity contribution in [1.29, 1.82) is 0 Å². The van der Waals surface area contributed by atoms with E-state index in [-0.39, 0.29) is 12.1 Å². The Morgan fingerprint density at radius 1 is 1.16 bits per heavy atom. The molecule has 1 fully saturated rings. The van der Waals surface area contributed by atoms with Crippen molar-refractivity contribution in [2.45, 2.75) is 13.0 Å². The number of hydrogen-bond acceptors (Lipinski definition) is 4. The number of piperazine rings is 1. The van der Waals surface area contributed by atoms with E-state index >= 15 is 0 Å². The van der Waals surface area contributed by atoms with Crippen molar-refractivity contribution >= 4 is 11.7 Å². The average molecular weight is 340 g/mol. The number of methoxy groups -OCH3 is 1. The van der Waals surface area contributed by atoms with Gasteiger partial charge in [-0.05, 0) is 36.8 Å². The van der Waals surface area contributed by atoms with Crippen LogP contribution >= 0.6 is 0 Å². The van der Waals surface area contributed by atoms with Crippen LogP contribution < -0.4 is 15.0 Å². The monoisotopic (exact) mass is 340 g/mol. The summed E-state index contributed by atoms with van der Waals surface area (Å²) in [5, 5.41) is 3.07. The molecule has 25 heavy (non-hydrogen) atoms. The first-order valence-corrected chi connectivity index (χ1v) is 8.52. The molecule has 0 saturated carbocycles. The number of carbonyl (C=O) groups is 1. The van der Waals surface area contributed by atoms with E-state index in [9.17, 15) is 4.79 Å². The van der Waals surface area contributed by atoms with Gasteiger partial charge in [-0.1, -0.05) is 12.1 Å². The molecule has 1 aliphatic rings. The van der Waals surface area contributed by atoms with Gasteiger partial charge in [0, 0.05) is 44.3 Å². The third-order valence-corrected chi connectivity index (χ3v) is 4.53. The molecule has 1 aliphatic heterocycles. The van der Waals surface area contributed by atoms with Gasteiger partial charge in [0.15, 0.2) is 0 Å². The lowest BCUT2D eigenvalue weighted by molar-refractivity contribution is 0.191. The highest BCUT2D eigenvalue weighted by molar-refractivity contribution is 5.75. The van der Waals surface area contributed by atoms with E-state index in [1.807, 2.05) is 48.2 Å². The Bertz CT molecular complexity index is 700. The van der Waals surface area contributed by atoms with Crippen LogP contribution in [0.1, 0.15) is 18.5 Å². The van der Waals surface area contributed by atoms with Crippen LogP contribution in [0, 0.1) is 0 Å². The molecule has 0 bridgehead atoms. The van der Waals surface area contributed by atoms with Crippen molar-refractivity contribution in [2.24, 2.45) is 0 Å². The molecule has 1 saturated heterocycles. The molecule has 6 heteroatoms. The summed E-state index contributed by atoms with van der Waals surface area (Å²) in [5.74, 6) is 0.796. The lowest BCUT2D eigenvalue weighted by atomic mass is 10.1. The summed E-state index contributed by atoms with van der Waals surface area (Å²) in [4.78, 5) is 20.7. The van der Waals surface area contributed by atoms with Gasteiger partial charge in [-0.3, -0.25) is 4.98 Å². The Balaban J connectivity index is 1.54. The number of amides is 2. The van der Waals surface area contributed by atoms with E-state index in [1.54, 1.807) is 19.5 Å². The first-order chi connectivity index (χ1) is 12.2. The molecular weight excluding hydrogens is 316 g/mol. The van der Waals surface area contributed by atoms with Gasteiger partial charge < -0.3 is 19.9 Å². The maximum atomic E-state index is 12.5. The van der Waals surface area contributed by atoms with Crippen molar-refractivity contribution < 1.29 is 9.53 Å². The molecule has 1 N–H and O–H groups in total. The predicted octanol–water partition coefficient (Wildman–Crippen LogP) is 2.68. The van der Waals surface area contributed by atoms with Gasteiger partial charge in [0.2, 0.25) is 0 Å². The van der Waals surface area contributed by atoms with Crippen LogP contribution in [0.15, 0.2) is 48.8 Å². The van der Waals surface area contributed by atoms with Crippen LogP contribution in [-0.2, 0) is 0 Å². The summed E-state index contributed by atoms with van der Waals surface area (Å²) in [5.41, 5.74) is 2.18. The molecule has 2 amide bonds. The molecule has 1 aromatic carbocycles. The van der Waals surface area contributed by atoms with Crippen molar-refractivity contribution in [3.05, 3.63) is 54.4 Å². The number of anilines is 1. The first kappa shape index (κ1) is 17.1. The number of urea groups is 1. The smallest absolute Gasteiger partial charge is 0.317 e. The second-order valence-corrected chi connectivity index (χ2v) is 6.13. The number of carbonyl (C=O) groups excluding carboxylic acids is 1. The molecule has 2 heterocycles. The van der Waals surface area contributed by atoms with E-state index in [1.165, 1.54) is 0 Å². The Labute approximate surface area is 148 Å². The highest BCUT2D eigenvalue weighted by atomic mass is 16.5. The van der Waals surface area contributed by atoms with Crippen LogP contribution in [0.3, 0.4) is 0 Å². The minimum absolute atomic E-state index is 0.0234. The molecule has 2 aromatic rings. The van der Waals surface area contributed by atoms with Crippen molar-refractivity contribution in [2.75, 3.05) is 38.2 Å². The second kappa shape index (κ2) is 7.88. The van der Waals surface area contributed by atoms with Crippen molar-refractivity contribution in [1.82, 2.24) is 15.2 Å². The van der Waals surface area contributed by atoms with Crippen LogP contribution in [0.2, 0.25) is 0 Å². The summed E-state index contributed by atoms with van der Waals surface area (Å²) in [6.45, 7) is 5.05. The Hall–Kier alpha value is -2.76. The fraction of sp³-hybridized carbons (Fsp3) is 0.368. The Morgan fingerprint density at radius 3 is 2.56 bits per heavy atom. The van der Waals surface area contributed by atoms with E-state index in [4.69, 9.17) is 4.74 Å². The fourth-order valence-corrected chi connectivity index (χ4v) is 2.99. The van der Waals surface area contributed by atoms with Crippen LogP contribution in [0.5, 0.6) is 5.75 Å². The third kappa shape index (κ3) is 4.21. The molecule has 0 radical (unpaired) electrons. The summed E-state index contributed by atoms with van der Waals surface area (Å²) in [6, 6.07) is 11.7. The average Bonchev–Trinajstić information content (AvgIpc) is 2.68. The number of aromatic nitrogens is 1. The van der Waals surface area contributed by atoms with Crippen LogP contribution in [0.4, 0.5) is 10.5 Å². The summed E-state index contributed by atoms with van der Waals surface area (Å²) >= 11 is 0. The van der Waals surface area contributed by atoms with Crippen molar-refractivity contribution in [3.8, 4) is 5.75 Å². The van der Waals surface area contributed by atoms with E-state index < -0.39 is 0 Å². The molecule has 0 unspecified atom stereocenters. The first-order valence-electron chi connectivity index (χ1n) is 8.52. The van der Waals surface area contributed by atoms with Gasteiger partial charge in [-0.25, -0.2) is 4.79 Å². The molecule has 1 aromatic heterocycles. The van der Waals surface area contributed by atoms with Gasteiger partial charge in [0.25, 0.3) is 0 Å². The minimum atomic E-state index is -0.0687. The van der Waals surface area contributed by atoms with Gasteiger partial charge in [-0.15, -0.1) is 0 Å². The van der Waals surface area contributed by atoms with Crippen LogP contribution in [0.25, 0.3) is 0 Å². The molecule has 0 aliphatic carbocycles. The van der Waals surface area contributed by atoms with Gasteiger partial charge in [0.05, 0.1) is 13.2 Å². The molecule has 0 spiro atoms. The standard InChI is InChI=1S/C19H24N4O2/c1-15(16-4-3-5-18(14-16)25-2)21-19(24)23-12-10-22(11-13-23)17-6-8-20-9-7-17/h3-9,14-15H,10-13H2,1-2H3,(H,21,24)/t15-/m1/s1. The highest BCUT2D eigenvalue weighted by Gasteiger charge is 2.22. The third-order valence-electron chi connectivity index (χ3n) is 4.53. The summed E-state index contributed by atoms with van der Waals surface area (Å²) in [6.07, 6.45) is 3.59. The molecule has 132 valence electrons. The number of pyridine rings is 1. The molecule has 3 rings (SSSR count). The Morgan fingerprint density at radius 2 is 1.88 bits per heavy atom. The number of nitrogens with zero attached hydrogens (tertiary/aromatic N) is 3. The quantitative estimate of drug-likeness (QED) is 0.930. The van der Waals surface area contributed by atoms with E-state index in [2.05, 4.69) is 15.2 Å². The van der Waals surface area contributed by atoms with Crippen LogP contribution in [-0.4, -0.2) is 49.2 Å². The number of benzene rings is 1. The zero-order chi connectivity index (χ0) is 17.6. The molecule has 1 atom stereocenters.